The SMILES string of the molecule is CNCc1cncc(N2CCN(CCN(C)C)CC2)n1. The molecule has 1 fully saturated rings. The van der Waals surface area contributed by atoms with E-state index in [-0.39, 0.29) is 0 Å². The average Bonchev–Trinajstić information content (AvgIpc) is 2.46. The normalized spacial score (nSPS) is 16.9. The highest BCUT2D eigenvalue weighted by atomic mass is 15.3. The summed E-state index contributed by atoms with van der Waals surface area (Å²) in [5, 5.41) is 3.11. The number of hydrogen-bond donors (Lipinski definition) is 1. The van der Waals surface area contributed by atoms with E-state index in [0.29, 0.717) is 0 Å². The summed E-state index contributed by atoms with van der Waals surface area (Å²) in [5.41, 5.74) is 1.00. The Balaban J connectivity index is 1.85. The standard InChI is InChI=1S/C14H26N6/c1-15-10-13-11-16-12-14(17-13)20-8-6-19(7-9-20)5-4-18(2)3/h11-12,15H,4-10H2,1-3H3. The number of nitrogens with zero attached hydrogens (tertiary/aromatic N) is 5. The summed E-state index contributed by atoms with van der Waals surface area (Å²) in [4.78, 5) is 16.0. The zero-order valence-corrected chi connectivity index (χ0v) is 12.8. The number of nitrogens with one attached hydrogen (secondary N) is 1. The summed E-state index contributed by atoms with van der Waals surface area (Å²) in [6, 6.07) is 0. The van der Waals surface area contributed by atoms with Crippen LogP contribution in [0.2, 0.25) is 0 Å². The summed E-state index contributed by atoms with van der Waals surface area (Å²) < 4.78 is 0. The van der Waals surface area contributed by atoms with E-state index in [4.69, 9.17) is 0 Å². The van der Waals surface area contributed by atoms with Crippen molar-refractivity contribution in [3.8, 4) is 0 Å². The zero-order valence-electron chi connectivity index (χ0n) is 12.8. The fraction of sp³-hybridized carbons (Fsp3) is 0.714. The Morgan fingerprint density at radius 2 is 1.95 bits per heavy atom. The lowest BCUT2D eigenvalue weighted by atomic mass is 10.3. The van der Waals surface area contributed by atoms with Gasteiger partial charge in [0.1, 0.15) is 5.82 Å². The molecular formula is C14H26N6. The Morgan fingerprint density at radius 3 is 2.60 bits per heavy atom. The van der Waals surface area contributed by atoms with Gasteiger partial charge < -0.3 is 15.1 Å². The molecule has 1 N–H and O–H groups in total. The molecule has 1 aliphatic rings. The van der Waals surface area contributed by atoms with Crippen molar-refractivity contribution >= 4 is 5.82 Å². The van der Waals surface area contributed by atoms with Crippen molar-refractivity contribution < 1.29 is 0 Å². The van der Waals surface area contributed by atoms with Gasteiger partial charge in [-0.2, -0.15) is 0 Å². The number of piperazine rings is 1. The number of anilines is 1. The molecule has 2 rings (SSSR count). The van der Waals surface area contributed by atoms with Crippen LogP contribution < -0.4 is 10.2 Å². The van der Waals surface area contributed by atoms with E-state index in [0.717, 1.165) is 57.3 Å². The van der Waals surface area contributed by atoms with Crippen LogP contribution in [0.15, 0.2) is 12.4 Å². The van der Waals surface area contributed by atoms with Crippen LogP contribution in [0, 0.1) is 0 Å². The van der Waals surface area contributed by atoms with Crippen molar-refractivity contribution in [3.63, 3.8) is 0 Å². The van der Waals surface area contributed by atoms with Gasteiger partial charge >= 0.3 is 0 Å². The van der Waals surface area contributed by atoms with E-state index in [2.05, 4.69) is 44.1 Å². The van der Waals surface area contributed by atoms with Gasteiger partial charge in [0.05, 0.1) is 11.9 Å². The van der Waals surface area contributed by atoms with Gasteiger partial charge in [0.2, 0.25) is 0 Å². The maximum absolute atomic E-state index is 4.66. The van der Waals surface area contributed by atoms with Crippen molar-refractivity contribution in [2.24, 2.45) is 0 Å². The maximum atomic E-state index is 4.66. The van der Waals surface area contributed by atoms with E-state index in [9.17, 15) is 0 Å². The first-order valence-electron chi connectivity index (χ1n) is 7.26. The molecule has 2 heterocycles. The quantitative estimate of drug-likeness (QED) is 0.783. The third kappa shape index (κ3) is 4.40. The van der Waals surface area contributed by atoms with Gasteiger partial charge in [0.25, 0.3) is 0 Å². The molecule has 6 heteroatoms. The van der Waals surface area contributed by atoms with Crippen LogP contribution in [-0.2, 0) is 6.54 Å². The van der Waals surface area contributed by atoms with Gasteiger partial charge in [0, 0.05) is 52.0 Å². The topological polar surface area (TPSA) is 47.5 Å². The second kappa shape index (κ2) is 7.52. The largest absolute Gasteiger partial charge is 0.353 e. The molecule has 1 aliphatic heterocycles. The molecule has 1 aromatic rings. The summed E-state index contributed by atoms with van der Waals surface area (Å²) in [6.45, 7) is 7.31. The summed E-state index contributed by atoms with van der Waals surface area (Å²) >= 11 is 0. The van der Waals surface area contributed by atoms with Gasteiger partial charge in [-0.3, -0.25) is 9.88 Å². The molecule has 0 radical (unpaired) electrons. The molecule has 0 spiro atoms. The molecule has 0 amide bonds. The third-order valence-corrected chi connectivity index (χ3v) is 3.59. The van der Waals surface area contributed by atoms with Gasteiger partial charge in [-0.1, -0.05) is 0 Å². The van der Waals surface area contributed by atoms with Crippen molar-refractivity contribution in [1.82, 2.24) is 25.1 Å². The molecule has 1 aromatic heterocycles. The summed E-state index contributed by atoms with van der Waals surface area (Å²) in [5.74, 6) is 1.00. The van der Waals surface area contributed by atoms with Crippen LogP contribution in [0.25, 0.3) is 0 Å². The Kier molecular flexibility index (Phi) is 5.70. The lowest BCUT2D eigenvalue weighted by molar-refractivity contribution is 0.229. The Morgan fingerprint density at radius 1 is 1.20 bits per heavy atom. The molecule has 0 aromatic carbocycles. The van der Waals surface area contributed by atoms with Crippen LogP contribution in [-0.4, -0.2) is 80.2 Å². The predicted octanol–water partition coefficient (Wildman–Crippen LogP) is -0.120. The predicted molar refractivity (Wildman–Crippen MR) is 82.0 cm³/mol. The molecule has 20 heavy (non-hydrogen) atoms. The summed E-state index contributed by atoms with van der Waals surface area (Å²) in [7, 11) is 6.18. The fourth-order valence-corrected chi connectivity index (χ4v) is 2.36. The van der Waals surface area contributed by atoms with Gasteiger partial charge in [-0.15, -0.1) is 0 Å². The molecular weight excluding hydrogens is 252 g/mol. The Hall–Kier alpha value is -1.24. The molecule has 0 atom stereocenters. The highest BCUT2D eigenvalue weighted by Gasteiger charge is 2.18. The van der Waals surface area contributed by atoms with E-state index in [1.807, 2.05) is 19.4 Å². The van der Waals surface area contributed by atoms with Crippen molar-refractivity contribution in [1.29, 1.82) is 0 Å². The van der Waals surface area contributed by atoms with Crippen LogP contribution >= 0.6 is 0 Å². The fourth-order valence-electron chi connectivity index (χ4n) is 2.36. The van der Waals surface area contributed by atoms with Crippen molar-refractivity contribution in [2.45, 2.75) is 6.54 Å². The second-order valence-electron chi connectivity index (χ2n) is 5.53. The minimum absolute atomic E-state index is 0.767. The highest BCUT2D eigenvalue weighted by molar-refractivity contribution is 5.37. The Bertz CT molecular complexity index is 400. The van der Waals surface area contributed by atoms with E-state index < -0.39 is 0 Å². The number of likely N-dealkylation sites (N-methyl/N-ethyl adjacent to an activating group) is 1. The van der Waals surface area contributed by atoms with Crippen molar-refractivity contribution in [2.75, 3.05) is 65.3 Å². The number of aromatic nitrogens is 2. The van der Waals surface area contributed by atoms with Gasteiger partial charge in [0.15, 0.2) is 0 Å². The molecule has 1 saturated heterocycles. The smallest absolute Gasteiger partial charge is 0.147 e. The maximum Gasteiger partial charge on any atom is 0.147 e. The molecule has 0 aliphatic carbocycles. The third-order valence-electron chi connectivity index (χ3n) is 3.59. The van der Waals surface area contributed by atoms with Crippen LogP contribution in [0.1, 0.15) is 5.69 Å². The van der Waals surface area contributed by atoms with Crippen LogP contribution in [0.3, 0.4) is 0 Å². The second-order valence-corrected chi connectivity index (χ2v) is 5.53. The first-order valence-corrected chi connectivity index (χ1v) is 7.26. The lowest BCUT2D eigenvalue weighted by Crippen LogP contribution is -2.48. The van der Waals surface area contributed by atoms with Gasteiger partial charge in [-0.05, 0) is 21.1 Å². The number of hydrogen-bond acceptors (Lipinski definition) is 6. The first-order chi connectivity index (χ1) is 9.69. The minimum Gasteiger partial charge on any atom is -0.353 e. The molecule has 112 valence electrons. The molecule has 6 nitrogen and oxygen atoms in total. The summed E-state index contributed by atoms with van der Waals surface area (Å²) in [6.07, 6.45) is 3.70. The van der Waals surface area contributed by atoms with Gasteiger partial charge in [-0.25, -0.2) is 4.98 Å². The monoisotopic (exact) mass is 278 g/mol. The highest BCUT2D eigenvalue weighted by Crippen LogP contribution is 2.12. The van der Waals surface area contributed by atoms with E-state index >= 15 is 0 Å². The van der Waals surface area contributed by atoms with Crippen LogP contribution in [0.5, 0.6) is 0 Å². The first kappa shape index (κ1) is 15.2. The Labute approximate surface area is 121 Å². The zero-order chi connectivity index (χ0) is 14.4. The average molecular weight is 278 g/mol. The molecule has 0 bridgehead atoms. The molecule has 0 unspecified atom stereocenters. The lowest BCUT2D eigenvalue weighted by Gasteiger charge is -2.35. The van der Waals surface area contributed by atoms with Crippen LogP contribution in [0.4, 0.5) is 5.82 Å². The number of rotatable bonds is 6. The van der Waals surface area contributed by atoms with E-state index in [1.54, 1.807) is 0 Å². The minimum atomic E-state index is 0.767. The molecule has 0 saturated carbocycles. The van der Waals surface area contributed by atoms with E-state index in [1.165, 1.54) is 0 Å². The van der Waals surface area contributed by atoms with Crippen molar-refractivity contribution in [3.05, 3.63) is 18.1 Å².